The van der Waals surface area contributed by atoms with Crippen LogP contribution in [0.25, 0.3) is 0 Å². The standard InChI is InChI=1S/C16H19N3O3/c20-14-10-19(16(22)17-14)18-15(21)13-8-6-12(7-9-13)11-4-2-1-3-5-11/h6-9,11H,1-5,10H2,(H,18,21)(H,17,20,22). The van der Waals surface area contributed by atoms with Gasteiger partial charge in [-0.05, 0) is 36.5 Å². The number of amides is 4. The molecule has 0 radical (unpaired) electrons. The first-order valence-corrected chi connectivity index (χ1v) is 7.66. The van der Waals surface area contributed by atoms with Crippen molar-refractivity contribution in [3.05, 3.63) is 35.4 Å². The van der Waals surface area contributed by atoms with Crippen molar-refractivity contribution in [2.24, 2.45) is 0 Å². The Morgan fingerprint density at radius 2 is 1.77 bits per heavy atom. The van der Waals surface area contributed by atoms with Crippen LogP contribution in [0.5, 0.6) is 0 Å². The summed E-state index contributed by atoms with van der Waals surface area (Å²) in [7, 11) is 0. The molecule has 4 amide bonds. The first kappa shape index (κ1) is 14.6. The van der Waals surface area contributed by atoms with E-state index in [9.17, 15) is 14.4 Å². The van der Waals surface area contributed by atoms with Crippen molar-refractivity contribution < 1.29 is 14.4 Å². The summed E-state index contributed by atoms with van der Waals surface area (Å²) in [4.78, 5) is 34.6. The predicted molar refractivity (Wildman–Crippen MR) is 80.0 cm³/mol. The van der Waals surface area contributed by atoms with Crippen molar-refractivity contribution in [1.29, 1.82) is 0 Å². The third-order valence-corrected chi connectivity index (χ3v) is 4.28. The predicted octanol–water partition coefficient (Wildman–Crippen LogP) is 1.93. The summed E-state index contributed by atoms with van der Waals surface area (Å²) in [6.07, 6.45) is 6.27. The molecule has 1 aliphatic heterocycles. The largest absolute Gasteiger partial charge is 0.343 e. The van der Waals surface area contributed by atoms with Crippen LogP contribution in [0.1, 0.15) is 53.9 Å². The van der Waals surface area contributed by atoms with Gasteiger partial charge in [-0.25, -0.2) is 9.80 Å². The molecule has 2 aliphatic rings. The minimum Gasteiger partial charge on any atom is -0.275 e. The molecule has 6 nitrogen and oxygen atoms in total. The van der Waals surface area contributed by atoms with Crippen molar-refractivity contribution >= 4 is 17.8 Å². The highest BCUT2D eigenvalue weighted by Crippen LogP contribution is 2.32. The lowest BCUT2D eigenvalue weighted by Crippen LogP contribution is -2.44. The van der Waals surface area contributed by atoms with Gasteiger partial charge in [-0.15, -0.1) is 0 Å². The molecule has 3 rings (SSSR count). The van der Waals surface area contributed by atoms with Crippen LogP contribution in [0.4, 0.5) is 4.79 Å². The van der Waals surface area contributed by atoms with E-state index >= 15 is 0 Å². The van der Waals surface area contributed by atoms with Gasteiger partial charge in [0.1, 0.15) is 6.54 Å². The molecular formula is C16H19N3O3. The number of urea groups is 1. The number of imide groups is 1. The van der Waals surface area contributed by atoms with Gasteiger partial charge in [-0.1, -0.05) is 31.4 Å². The third kappa shape index (κ3) is 3.10. The zero-order valence-corrected chi connectivity index (χ0v) is 12.3. The van der Waals surface area contributed by atoms with Crippen molar-refractivity contribution in [2.45, 2.75) is 38.0 Å². The highest BCUT2D eigenvalue weighted by Gasteiger charge is 2.28. The SMILES string of the molecule is O=C1CN(NC(=O)c2ccc(C3CCCCC3)cc2)C(=O)N1. The molecule has 0 aromatic heterocycles. The molecule has 2 N–H and O–H groups in total. The van der Waals surface area contributed by atoms with E-state index in [1.807, 2.05) is 12.1 Å². The molecule has 0 spiro atoms. The Bertz CT molecular complexity index is 591. The second-order valence-corrected chi connectivity index (χ2v) is 5.84. The molecule has 0 atom stereocenters. The summed E-state index contributed by atoms with van der Waals surface area (Å²) in [6, 6.07) is 6.92. The Balaban J connectivity index is 1.63. The zero-order valence-electron chi connectivity index (χ0n) is 12.3. The van der Waals surface area contributed by atoms with Gasteiger partial charge in [0.25, 0.3) is 5.91 Å². The van der Waals surface area contributed by atoms with Crippen molar-refractivity contribution in [1.82, 2.24) is 15.8 Å². The third-order valence-electron chi connectivity index (χ3n) is 4.28. The highest BCUT2D eigenvalue weighted by molar-refractivity contribution is 6.03. The molecule has 1 saturated carbocycles. The molecule has 0 bridgehead atoms. The summed E-state index contributed by atoms with van der Waals surface area (Å²) >= 11 is 0. The highest BCUT2D eigenvalue weighted by atomic mass is 16.2. The molecular weight excluding hydrogens is 282 g/mol. The quantitative estimate of drug-likeness (QED) is 0.837. The number of carbonyl (C=O) groups is 3. The lowest BCUT2D eigenvalue weighted by atomic mass is 9.84. The Labute approximate surface area is 128 Å². The molecule has 6 heteroatoms. The van der Waals surface area contributed by atoms with Crippen LogP contribution >= 0.6 is 0 Å². The van der Waals surface area contributed by atoms with Crippen molar-refractivity contribution in [3.63, 3.8) is 0 Å². The number of hydrazine groups is 1. The fourth-order valence-electron chi connectivity index (χ4n) is 3.06. The molecule has 2 fully saturated rings. The number of hydrogen-bond acceptors (Lipinski definition) is 3. The minimum absolute atomic E-state index is 0.148. The maximum atomic E-state index is 12.1. The van der Waals surface area contributed by atoms with Gasteiger partial charge in [0.05, 0.1) is 0 Å². The summed E-state index contributed by atoms with van der Waals surface area (Å²) < 4.78 is 0. The van der Waals surface area contributed by atoms with Gasteiger partial charge in [0.15, 0.2) is 0 Å². The van der Waals surface area contributed by atoms with Crippen LogP contribution in [-0.4, -0.2) is 29.4 Å². The van der Waals surface area contributed by atoms with Gasteiger partial charge in [0.2, 0.25) is 5.91 Å². The van der Waals surface area contributed by atoms with Gasteiger partial charge in [0, 0.05) is 5.56 Å². The van der Waals surface area contributed by atoms with Crippen LogP contribution < -0.4 is 10.7 Å². The van der Waals surface area contributed by atoms with Crippen LogP contribution in [0, 0.1) is 0 Å². The van der Waals surface area contributed by atoms with E-state index in [4.69, 9.17) is 0 Å². The molecule has 1 saturated heterocycles. The monoisotopic (exact) mass is 301 g/mol. The molecule has 1 aliphatic carbocycles. The van der Waals surface area contributed by atoms with E-state index < -0.39 is 11.9 Å². The van der Waals surface area contributed by atoms with Crippen molar-refractivity contribution in [2.75, 3.05) is 6.54 Å². The van der Waals surface area contributed by atoms with Gasteiger partial charge in [-0.2, -0.15) is 0 Å². The van der Waals surface area contributed by atoms with E-state index in [2.05, 4.69) is 10.7 Å². The van der Waals surface area contributed by atoms with E-state index in [-0.39, 0.29) is 12.5 Å². The number of rotatable bonds is 3. The average molecular weight is 301 g/mol. The fraction of sp³-hybridized carbons (Fsp3) is 0.438. The lowest BCUT2D eigenvalue weighted by Gasteiger charge is -2.22. The van der Waals surface area contributed by atoms with Crippen molar-refractivity contribution in [3.8, 4) is 0 Å². The molecule has 1 aromatic carbocycles. The molecule has 116 valence electrons. The number of hydrogen-bond donors (Lipinski definition) is 2. The maximum Gasteiger partial charge on any atom is 0.343 e. The Morgan fingerprint density at radius 3 is 2.36 bits per heavy atom. The Kier molecular flexibility index (Phi) is 4.09. The van der Waals surface area contributed by atoms with Gasteiger partial charge >= 0.3 is 6.03 Å². The fourth-order valence-corrected chi connectivity index (χ4v) is 3.06. The first-order chi connectivity index (χ1) is 10.6. The Hall–Kier alpha value is -2.37. The number of carbonyl (C=O) groups excluding carboxylic acids is 3. The normalized spacial score (nSPS) is 19.2. The molecule has 0 unspecified atom stereocenters. The summed E-state index contributed by atoms with van der Waals surface area (Å²) in [6.45, 7) is -0.148. The van der Waals surface area contributed by atoms with Gasteiger partial charge in [-0.3, -0.25) is 20.3 Å². The molecule has 1 heterocycles. The van der Waals surface area contributed by atoms with Crippen LogP contribution in [-0.2, 0) is 4.79 Å². The molecule has 1 aromatic rings. The zero-order chi connectivity index (χ0) is 15.5. The first-order valence-electron chi connectivity index (χ1n) is 7.66. The second kappa shape index (κ2) is 6.17. The summed E-state index contributed by atoms with van der Waals surface area (Å²) in [5, 5.41) is 3.09. The number of nitrogens with zero attached hydrogens (tertiary/aromatic N) is 1. The topological polar surface area (TPSA) is 78.5 Å². The maximum absolute atomic E-state index is 12.1. The van der Waals surface area contributed by atoms with E-state index in [1.54, 1.807) is 12.1 Å². The molecule has 22 heavy (non-hydrogen) atoms. The second-order valence-electron chi connectivity index (χ2n) is 5.84. The Morgan fingerprint density at radius 1 is 1.09 bits per heavy atom. The minimum atomic E-state index is -0.600. The lowest BCUT2D eigenvalue weighted by molar-refractivity contribution is -0.118. The van der Waals surface area contributed by atoms with Crippen LogP contribution in [0.3, 0.4) is 0 Å². The number of nitrogens with one attached hydrogen (secondary N) is 2. The van der Waals surface area contributed by atoms with Crippen LogP contribution in [0.2, 0.25) is 0 Å². The van der Waals surface area contributed by atoms with Crippen LogP contribution in [0.15, 0.2) is 24.3 Å². The van der Waals surface area contributed by atoms with E-state index in [1.165, 1.54) is 37.7 Å². The van der Waals surface area contributed by atoms with E-state index in [0.29, 0.717) is 11.5 Å². The van der Waals surface area contributed by atoms with E-state index in [0.717, 1.165) is 5.01 Å². The smallest absolute Gasteiger partial charge is 0.275 e. The average Bonchev–Trinajstić information content (AvgIpc) is 2.86. The number of benzene rings is 1. The summed E-state index contributed by atoms with van der Waals surface area (Å²) in [5.74, 6) is -0.217. The van der Waals surface area contributed by atoms with Gasteiger partial charge < -0.3 is 0 Å². The summed E-state index contributed by atoms with van der Waals surface area (Å²) in [5.41, 5.74) is 4.18.